The van der Waals surface area contributed by atoms with Gasteiger partial charge in [0.1, 0.15) is 5.15 Å². The predicted octanol–water partition coefficient (Wildman–Crippen LogP) is 3.61. The maximum Gasteiger partial charge on any atom is 0.137 e. The van der Waals surface area contributed by atoms with Gasteiger partial charge in [-0.05, 0) is 18.6 Å². The maximum atomic E-state index is 6.30. The van der Waals surface area contributed by atoms with Gasteiger partial charge in [-0.2, -0.15) is 5.10 Å². The molecule has 0 spiro atoms. The van der Waals surface area contributed by atoms with Gasteiger partial charge < -0.3 is 0 Å². The maximum absolute atomic E-state index is 6.30. The van der Waals surface area contributed by atoms with Crippen LogP contribution in [-0.4, -0.2) is 14.8 Å². The van der Waals surface area contributed by atoms with Gasteiger partial charge in [0.25, 0.3) is 0 Å². The molecule has 0 unspecified atom stereocenters. The molecule has 90 valence electrons. The highest BCUT2D eigenvalue weighted by Gasteiger charge is 2.15. The van der Waals surface area contributed by atoms with E-state index in [1.807, 2.05) is 12.1 Å². The van der Waals surface area contributed by atoms with Crippen molar-refractivity contribution in [2.75, 3.05) is 0 Å². The summed E-state index contributed by atoms with van der Waals surface area (Å²) in [5.74, 6) is 0.388. The first-order valence-electron chi connectivity index (χ1n) is 5.50. The van der Waals surface area contributed by atoms with E-state index in [4.69, 9.17) is 23.2 Å². The number of aromatic nitrogens is 3. The average Bonchev–Trinajstić information content (AvgIpc) is 2.67. The van der Waals surface area contributed by atoms with Gasteiger partial charge in [0.2, 0.25) is 0 Å². The molecule has 0 aromatic carbocycles. The van der Waals surface area contributed by atoms with Crippen LogP contribution in [0, 0.1) is 0 Å². The quantitative estimate of drug-likeness (QED) is 0.794. The summed E-state index contributed by atoms with van der Waals surface area (Å²) < 4.78 is 1.71. The number of nitrogens with zero attached hydrogens (tertiary/aromatic N) is 3. The smallest absolute Gasteiger partial charge is 0.137 e. The van der Waals surface area contributed by atoms with Crippen LogP contribution < -0.4 is 0 Å². The van der Waals surface area contributed by atoms with Crippen molar-refractivity contribution in [3.8, 4) is 5.69 Å². The molecule has 0 saturated carbocycles. The number of pyridine rings is 1. The van der Waals surface area contributed by atoms with Gasteiger partial charge in [-0.15, -0.1) is 11.6 Å². The third-order valence-corrected chi connectivity index (χ3v) is 3.19. The fourth-order valence-corrected chi connectivity index (χ4v) is 2.36. The Morgan fingerprint density at radius 3 is 2.59 bits per heavy atom. The van der Waals surface area contributed by atoms with E-state index in [1.165, 1.54) is 0 Å². The summed E-state index contributed by atoms with van der Waals surface area (Å²) in [7, 11) is 0. The summed E-state index contributed by atoms with van der Waals surface area (Å²) >= 11 is 12.2. The first kappa shape index (κ1) is 12.4. The van der Waals surface area contributed by atoms with E-state index in [1.54, 1.807) is 17.1 Å². The molecule has 17 heavy (non-hydrogen) atoms. The highest BCUT2D eigenvalue weighted by atomic mass is 35.5. The van der Waals surface area contributed by atoms with Crippen LogP contribution in [0.1, 0.15) is 24.6 Å². The van der Waals surface area contributed by atoms with Crippen LogP contribution in [0.25, 0.3) is 5.69 Å². The zero-order valence-corrected chi connectivity index (χ0v) is 11.0. The Bertz CT molecular complexity index is 494. The summed E-state index contributed by atoms with van der Waals surface area (Å²) in [4.78, 5) is 3.98. The Hall–Kier alpha value is -1.06. The van der Waals surface area contributed by atoms with Gasteiger partial charge in [-0.25, -0.2) is 4.68 Å². The molecule has 0 fully saturated rings. The van der Waals surface area contributed by atoms with E-state index in [2.05, 4.69) is 17.0 Å². The number of hydrogen-bond acceptors (Lipinski definition) is 2. The Morgan fingerprint density at radius 2 is 2.00 bits per heavy atom. The number of alkyl halides is 1. The Labute approximate surface area is 110 Å². The van der Waals surface area contributed by atoms with Crippen molar-refractivity contribution in [2.24, 2.45) is 0 Å². The van der Waals surface area contributed by atoms with Crippen LogP contribution in [0.2, 0.25) is 5.15 Å². The highest BCUT2D eigenvalue weighted by Crippen LogP contribution is 2.25. The zero-order valence-electron chi connectivity index (χ0n) is 9.53. The summed E-state index contributed by atoms with van der Waals surface area (Å²) in [5.41, 5.74) is 2.80. The summed E-state index contributed by atoms with van der Waals surface area (Å²) in [6.45, 7) is 2.11. The normalized spacial score (nSPS) is 10.8. The molecule has 2 aromatic heterocycles. The fourth-order valence-electron chi connectivity index (χ4n) is 1.70. The van der Waals surface area contributed by atoms with Gasteiger partial charge in [-0.1, -0.05) is 24.9 Å². The second kappa shape index (κ2) is 5.52. The van der Waals surface area contributed by atoms with Crippen molar-refractivity contribution in [2.45, 2.75) is 25.6 Å². The van der Waals surface area contributed by atoms with E-state index in [-0.39, 0.29) is 0 Å². The Balaban J connectivity index is 2.49. The van der Waals surface area contributed by atoms with Crippen LogP contribution in [0.3, 0.4) is 0 Å². The van der Waals surface area contributed by atoms with E-state index in [0.29, 0.717) is 11.0 Å². The highest BCUT2D eigenvalue weighted by molar-refractivity contribution is 6.31. The minimum atomic E-state index is 0.388. The van der Waals surface area contributed by atoms with E-state index in [9.17, 15) is 0 Å². The Morgan fingerprint density at radius 1 is 1.29 bits per heavy atom. The third kappa shape index (κ3) is 2.45. The lowest BCUT2D eigenvalue weighted by Gasteiger charge is -2.01. The lowest BCUT2D eigenvalue weighted by atomic mass is 10.2. The number of hydrogen-bond donors (Lipinski definition) is 0. The van der Waals surface area contributed by atoms with Crippen molar-refractivity contribution in [1.82, 2.24) is 14.8 Å². The number of aryl methyl sites for hydroxylation is 1. The van der Waals surface area contributed by atoms with Crippen LogP contribution in [-0.2, 0) is 12.3 Å². The van der Waals surface area contributed by atoms with Crippen LogP contribution >= 0.6 is 23.2 Å². The minimum absolute atomic E-state index is 0.388. The van der Waals surface area contributed by atoms with E-state index in [0.717, 1.165) is 29.8 Å². The van der Waals surface area contributed by atoms with Gasteiger partial charge in [0, 0.05) is 18.0 Å². The molecular weight excluding hydrogens is 257 g/mol. The van der Waals surface area contributed by atoms with Crippen molar-refractivity contribution >= 4 is 23.2 Å². The van der Waals surface area contributed by atoms with Crippen molar-refractivity contribution < 1.29 is 0 Å². The van der Waals surface area contributed by atoms with Crippen molar-refractivity contribution in [3.05, 3.63) is 40.9 Å². The molecule has 0 bridgehead atoms. The second-order valence-corrected chi connectivity index (χ2v) is 4.34. The molecule has 0 radical (unpaired) electrons. The molecule has 2 heterocycles. The molecule has 2 rings (SSSR count). The zero-order chi connectivity index (χ0) is 12.3. The molecule has 5 heteroatoms. The van der Waals surface area contributed by atoms with Gasteiger partial charge in [0.15, 0.2) is 0 Å². The molecule has 0 aliphatic rings. The Kier molecular flexibility index (Phi) is 4.02. The van der Waals surface area contributed by atoms with Crippen molar-refractivity contribution in [3.63, 3.8) is 0 Å². The van der Waals surface area contributed by atoms with E-state index >= 15 is 0 Å². The molecule has 0 aliphatic carbocycles. The minimum Gasteiger partial charge on any atom is -0.265 e. The number of rotatable bonds is 4. The summed E-state index contributed by atoms with van der Waals surface area (Å²) in [5, 5.41) is 5.11. The molecule has 3 nitrogen and oxygen atoms in total. The van der Waals surface area contributed by atoms with Crippen LogP contribution in [0.5, 0.6) is 0 Å². The third-order valence-electron chi connectivity index (χ3n) is 2.53. The predicted molar refractivity (Wildman–Crippen MR) is 69.9 cm³/mol. The molecule has 0 saturated heterocycles. The molecule has 0 aliphatic heterocycles. The standard InChI is InChI=1S/C12H13Cl2N3/c1-2-3-11-10(8-13)12(14)17(16-11)9-4-6-15-7-5-9/h4-7H,2-3,8H2,1H3. The topological polar surface area (TPSA) is 30.7 Å². The SMILES string of the molecule is CCCc1nn(-c2ccncc2)c(Cl)c1CCl. The van der Waals surface area contributed by atoms with Crippen LogP contribution in [0.15, 0.2) is 24.5 Å². The lowest BCUT2D eigenvalue weighted by molar-refractivity contribution is 0.804. The first-order chi connectivity index (χ1) is 8.27. The largest absolute Gasteiger partial charge is 0.265 e. The van der Waals surface area contributed by atoms with Gasteiger partial charge >= 0.3 is 0 Å². The van der Waals surface area contributed by atoms with Crippen molar-refractivity contribution in [1.29, 1.82) is 0 Å². The first-order valence-corrected chi connectivity index (χ1v) is 6.41. The second-order valence-electron chi connectivity index (χ2n) is 3.72. The fraction of sp³-hybridized carbons (Fsp3) is 0.333. The van der Waals surface area contributed by atoms with Crippen LogP contribution in [0.4, 0.5) is 0 Å². The molecule has 0 atom stereocenters. The average molecular weight is 270 g/mol. The molecule has 0 amide bonds. The van der Waals surface area contributed by atoms with E-state index < -0.39 is 0 Å². The summed E-state index contributed by atoms with van der Waals surface area (Å²) in [6, 6.07) is 3.74. The van der Waals surface area contributed by atoms with Gasteiger partial charge in [0.05, 0.1) is 17.3 Å². The molecular formula is C12H13Cl2N3. The monoisotopic (exact) mass is 269 g/mol. The molecule has 0 N–H and O–H groups in total. The van der Waals surface area contributed by atoms with Gasteiger partial charge in [-0.3, -0.25) is 4.98 Å². The lowest BCUT2D eigenvalue weighted by Crippen LogP contribution is -1.97. The molecule has 2 aromatic rings. The number of halogens is 2. The summed E-state index contributed by atoms with van der Waals surface area (Å²) in [6.07, 6.45) is 5.34.